The van der Waals surface area contributed by atoms with Gasteiger partial charge in [-0.15, -0.1) is 0 Å². The van der Waals surface area contributed by atoms with Gasteiger partial charge >= 0.3 is 5.91 Å². The van der Waals surface area contributed by atoms with Crippen LogP contribution in [-0.2, 0) is 20.0 Å². The molecule has 4 rings (SSSR count). The second-order valence-electron chi connectivity index (χ2n) is 8.47. The summed E-state index contributed by atoms with van der Waals surface area (Å²) in [6.07, 6.45) is 2.14. The van der Waals surface area contributed by atoms with Gasteiger partial charge in [-0.05, 0) is 35.6 Å². The van der Waals surface area contributed by atoms with Gasteiger partial charge in [0.2, 0.25) is 0 Å². The molecule has 0 radical (unpaired) electrons. The normalized spacial score (nSPS) is 13.5. The van der Waals surface area contributed by atoms with Gasteiger partial charge in [-0.25, -0.2) is 4.98 Å². The summed E-state index contributed by atoms with van der Waals surface area (Å²) in [5.41, 5.74) is 2.61. The number of oxazole rings is 1. The Hall–Kier alpha value is -3.42. The van der Waals surface area contributed by atoms with Gasteiger partial charge in [0.1, 0.15) is 11.1 Å². The number of carbonyl (C=O) groups is 2. The Bertz CT molecular complexity index is 1190. The summed E-state index contributed by atoms with van der Waals surface area (Å²) < 4.78 is 7.05. The van der Waals surface area contributed by atoms with Crippen molar-refractivity contribution in [3.8, 4) is 0 Å². The minimum Gasteiger partial charge on any atom is -0.432 e. The van der Waals surface area contributed by atoms with Crippen molar-refractivity contribution >= 4 is 22.9 Å². The molecule has 1 aliphatic rings. The van der Waals surface area contributed by atoms with Crippen LogP contribution in [0.4, 0.5) is 0 Å². The molecule has 0 saturated carbocycles. The highest BCUT2D eigenvalue weighted by molar-refractivity contribution is 5.96. The summed E-state index contributed by atoms with van der Waals surface area (Å²) in [6, 6.07) is 7.23. The maximum atomic E-state index is 13.1. The maximum absolute atomic E-state index is 13.1. The van der Waals surface area contributed by atoms with E-state index in [0.717, 1.165) is 11.1 Å². The Labute approximate surface area is 180 Å². The largest absolute Gasteiger partial charge is 0.432 e. The number of para-hydroxylation sites is 2. The predicted octanol–water partition coefficient (Wildman–Crippen LogP) is 2.45. The third-order valence-corrected chi connectivity index (χ3v) is 5.53. The Balaban J connectivity index is 1.65. The highest BCUT2D eigenvalue weighted by atomic mass is 16.4. The molecule has 2 amide bonds. The standard InChI is InChI=1S/C23H26N4O4/c1-14(2)11-25(3)21(28)19-16-9-10-27(13-15(16)12-26(4)22(19)29)23(30)20-24-17-7-5-6-8-18(17)31-20/h5-8,12,14H,9-11,13H2,1-4H3. The lowest BCUT2D eigenvalue weighted by Gasteiger charge is -2.30. The first kappa shape index (κ1) is 20.8. The molecule has 0 N–H and O–H groups in total. The van der Waals surface area contributed by atoms with Crippen LogP contribution in [0.3, 0.4) is 0 Å². The van der Waals surface area contributed by atoms with E-state index in [1.165, 1.54) is 4.57 Å². The first-order valence-corrected chi connectivity index (χ1v) is 10.4. The molecule has 8 nitrogen and oxygen atoms in total. The number of fused-ring (bicyclic) bond motifs is 2. The van der Waals surface area contributed by atoms with Gasteiger partial charge in [0.15, 0.2) is 5.58 Å². The van der Waals surface area contributed by atoms with Crippen LogP contribution in [0, 0.1) is 5.92 Å². The Kier molecular flexibility index (Phi) is 5.39. The summed E-state index contributed by atoms with van der Waals surface area (Å²) in [6.45, 7) is 5.28. The number of rotatable bonds is 4. The molecule has 0 saturated heterocycles. The molecule has 162 valence electrons. The lowest BCUT2D eigenvalue weighted by atomic mass is 9.95. The Morgan fingerprint density at radius 1 is 1.26 bits per heavy atom. The zero-order valence-electron chi connectivity index (χ0n) is 18.2. The molecule has 0 bridgehead atoms. The number of hydrogen-bond acceptors (Lipinski definition) is 5. The van der Waals surface area contributed by atoms with Gasteiger partial charge in [0.25, 0.3) is 17.4 Å². The minimum atomic E-state index is -0.307. The number of pyridine rings is 1. The number of nitrogens with zero attached hydrogens (tertiary/aromatic N) is 4. The Morgan fingerprint density at radius 3 is 2.71 bits per heavy atom. The number of aromatic nitrogens is 2. The molecule has 2 aromatic heterocycles. The third kappa shape index (κ3) is 3.85. The van der Waals surface area contributed by atoms with E-state index in [2.05, 4.69) is 4.98 Å². The molecule has 1 aromatic carbocycles. The van der Waals surface area contributed by atoms with Gasteiger partial charge in [-0.3, -0.25) is 14.4 Å². The molecule has 0 aliphatic carbocycles. The maximum Gasteiger partial charge on any atom is 0.310 e. The van der Waals surface area contributed by atoms with Crippen LogP contribution < -0.4 is 5.56 Å². The lowest BCUT2D eigenvalue weighted by molar-refractivity contribution is 0.0695. The molecule has 0 spiro atoms. The van der Waals surface area contributed by atoms with E-state index in [1.54, 1.807) is 42.2 Å². The fourth-order valence-electron chi connectivity index (χ4n) is 4.10. The highest BCUT2D eigenvalue weighted by Crippen LogP contribution is 2.24. The van der Waals surface area contributed by atoms with Gasteiger partial charge in [0, 0.05) is 39.9 Å². The monoisotopic (exact) mass is 422 g/mol. The average Bonchev–Trinajstić information content (AvgIpc) is 3.17. The van der Waals surface area contributed by atoms with Crippen LogP contribution in [0.1, 0.15) is 46.0 Å². The second-order valence-corrected chi connectivity index (χ2v) is 8.47. The molecular formula is C23H26N4O4. The van der Waals surface area contributed by atoms with Crippen molar-refractivity contribution in [3.63, 3.8) is 0 Å². The van der Waals surface area contributed by atoms with E-state index in [4.69, 9.17) is 4.42 Å². The quantitative estimate of drug-likeness (QED) is 0.644. The van der Waals surface area contributed by atoms with Crippen molar-refractivity contribution in [3.05, 3.63) is 63.4 Å². The van der Waals surface area contributed by atoms with Crippen LogP contribution in [0.2, 0.25) is 0 Å². The second kappa shape index (κ2) is 8.02. The number of aryl methyl sites for hydroxylation is 1. The minimum absolute atomic E-state index is 0.0439. The van der Waals surface area contributed by atoms with Crippen LogP contribution in [0.25, 0.3) is 11.1 Å². The van der Waals surface area contributed by atoms with Gasteiger partial charge in [0.05, 0.1) is 0 Å². The highest BCUT2D eigenvalue weighted by Gasteiger charge is 2.31. The van der Waals surface area contributed by atoms with E-state index < -0.39 is 0 Å². The summed E-state index contributed by atoms with van der Waals surface area (Å²) >= 11 is 0. The fraction of sp³-hybridized carbons (Fsp3) is 0.391. The lowest BCUT2D eigenvalue weighted by Crippen LogP contribution is -2.42. The van der Waals surface area contributed by atoms with E-state index in [-0.39, 0.29) is 35.4 Å². The van der Waals surface area contributed by atoms with Crippen molar-refractivity contribution in [2.45, 2.75) is 26.8 Å². The summed E-state index contributed by atoms with van der Waals surface area (Å²) in [5.74, 6) is -0.241. The summed E-state index contributed by atoms with van der Waals surface area (Å²) in [5, 5.41) is 0. The van der Waals surface area contributed by atoms with E-state index in [1.807, 2.05) is 26.0 Å². The van der Waals surface area contributed by atoms with Crippen molar-refractivity contribution in [1.82, 2.24) is 19.4 Å². The number of hydrogen-bond donors (Lipinski definition) is 0. The van der Waals surface area contributed by atoms with E-state index in [0.29, 0.717) is 36.5 Å². The smallest absolute Gasteiger partial charge is 0.310 e. The zero-order valence-corrected chi connectivity index (χ0v) is 18.2. The first-order chi connectivity index (χ1) is 14.8. The first-order valence-electron chi connectivity index (χ1n) is 10.4. The van der Waals surface area contributed by atoms with Crippen LogP contribution in [-0.4, -0.2) is 51.3 Å². The van der Waals surface area contributed by atoms with Crippen molar-refractivity contribution < 1.29 is 14.0 Å². The van der Waals surface area contributed by atoms with Gasteiger partial charge < -0.3 is 18.8 Å². The van der Waals surface area contributed by atoms with Crippen LogP contribution in [0.15, 0.2) is 39.7 Å². The number of carbonyl (C=O) groups excluding carboxylic acids is 2. The third-order valence-electron chi connectivity index (χ3n) is 5.53. The van der Waals surface area contributed by atoms with Crippen molar-refractivity contribution in [1.29, 1.82) is 0 Å². The topological polar surface area (TPSA) is 88.7 Å². The number of amides is 2. The average molecular weight is 422 g/mol. The molecular weight excluding hydrogens is 396 g/mol. The van der Waals surface area contributed by atoms with Crippen molar-refractivity contribution in [2.24, 2.45) is 13.0 Å². The molecule has 8 heteroatoms. The summed E-state index contributed by atoms with van der Waals surface area (Å²) in [4.78, 5) is 46.4. The molecule has 3 heterocycles. The number of benzene rings is 1. The zero-order chi connectivity index (χ0) is 22.3. The molecule has 0 fully saturated rings. The van der Waals surface area contributed by atoms with Crippen LogP contribution >= 0.6 is 0 Å². The van der Waals surface area contributed by atoms with E-state index in [9.17, 15) is 14.4 Å². The SMILES string of the molecule is CC(C)CN(C)C(=O)c1c2c(cn(C)c1=O)CN(C(=O)c1nc3ccccc3o1)CC2. The molecule has 1 aliphatic heterocycles. The fourth-order valence-corrected chi connectivity index (χ4v) is 4.10. The molecule has 3 aromatic rings. The molecule has 0 atom stereocenters. The predicted molar refractivity (Wildman–Crippen MR) is 116 cm³/mol. The molecule has 0 unspecified atom stereocenters. The Morgan fingerprint density at radius 2 is 2.00 bits per heavy atom. The van der Waals surface area contributed by atoms with Crippen LogP contribution in [0.5, 0.6) is 0 Å². The van der Waals surface area contributed by atoms with Gasteiger partial charge in [-0.1, -0.05) is 26.0 Å². The van der Waals surface area contributed by atoms with E-state index >= 15 is 0 Å². The van der Waals surface area contributed by atoms with Gasteiger partial charge in [-0.2, -0.15) is 0 Å². The summed E-state index contributed by atoms with van der Waals surface area (Å²) in [7, 11) is 3.34. The van der Waals surface area contributed by atoms with Crippen molar-refractivity contribution in [2.75, 3.05) is 20.1 Å². The molecule has 31 heavy (non-hydrogen) atoms.